The summed E-state index contributed by atoms with van der Waals surface area (Å²) in [4.78, 5) is 21.8. The van der Waals surface area contributed by atoms with E-state index in [1.54, 1.807) is 0 Å². The Labute approximate surface area is 129 Å². The zero-order chi connectivity index (χ0) is 14.8. The number of carbonyl (C=O) groups is 1. The van der Waals surface area contributed by atoms with Crippen molar-refractivity contribution >= 4 is 28.2 Å². The fourth-order valence-electron chi connectivity index (χ4n) is 3.01. The summed E-state index contributed by atoms with van der Waals surface area (Å²) in [6.07, 6.45) is 4.66. The molecule has 0 saturated carbocycles. The molecule has 2 fully saturated rings. The van der Waals surface area contributed by atoms with E-state index < -0.39 is 0 Å². The highest BCUT2D eigenvalue weighted by atomic mass is 32.1. The van der Waals surface area contributed by atoms with Crippen LogP contribution < -0.4 is 16.0 Å². The molecule has 1 atom stereocenters. The van der Waals surface area contributed by atoms with Crippen LogP contribution in [0.3, 0.4) is 0 Å². The van der Waals surface area contributed by atoms with E-state index in [0.717, 1.165) is 37.7 Å². The molecule has 1 aromatic rings. The Morgan fingerprint density at radius 3 is 2.76 bits per heavy atom. The first kappa shape index (κ1) is 14.6. The van der Waals surface area contributed by atoms with E-state index in [-0.39, 0.29) is 11.9 Å². The summed E-state index contributed by atoms with van der Waals surface area (Å²) in [7, 11) is 2.07. The van der Waals surface area contributed by atoms with E-state index in [4.69, 9.17) is 5.73 Å². The van der Waals surface area contributed by atoms with Gasteiger partial charge in [0.05, 0.1) is 0 Å². The van der Waals surface area contributed by atoms with Crippen molar-refractivity contribution in [3.8, 4) is 0 Å². The number of piperidine rings is 1. The molecule has 2 saturated heterocycles. The van der Waals surface area contributed by atoms with Gasteiger partial charge in [0.2, 0.25) is 0 Å². The highest BCUT2D eigenvalue weighted by Crippen LogP contribution is 2.30. The molecule has 7 heteroatoms. The molecule has 6 nitrogen and oxygen atoms in total. The number of anilines is 2. The van der Waals surface area contributed by atoms with E-state index in [2.05, 4.69) is 27.1 Å². The van der Waals surface area contributed by atoms with Gasteiger partial charge in [-0.25, -0.2) is 4.98 Å². The number of nitrogens with one attached hydrogen (secondary N) is 1. The first-order chi connectivity index (χ1) is 10.1. The second kappa shape index (κ2) is 6.19. The van der Waals surface area contributed by atoms with Crippen LogP contribution in [-0.4, -0.2) is 55.1 Å². The second-order valence-corrected chi connectivity index (χ2v) is 6.96. The molecular weight excluding hydrogens is 286 g/mol. The molecule has 0 aliphatic carbocycles. The number of likely N-dealkylation sites (tertiary alicyclic amines) is 1. The number of nitrogens with two attached hydrogens (primary N) is 1. The zero-order valence-electron chi connectivity index (χ0n) is 12.5. The van der Waals surface area contributed by atoms with Crippen LogP contribution in [0.25, 0.3) is 0 Å². The number of hydrogen-bond donors (Lipinski definition) is 2. The summed E-state index contributed by atoms with van der Waals surface area (Å²) in [5.41, 5.74) is 5.95. The van der Waals surface area contributed by atoms with Crippen molar-refractivity contribution in [1.29, 1.82) is 0 Å². The molecule has 116 valence electrons. The van der Waals surface area contributed by atoms with Gasteiger partial charge in [0, 0.05) is 25.7 Å². The van der Waals surface area contributed by atoms with Crippen LogP contribution in [0.1, 0.15) is 35.4 Å². The number of rotatable bonds is 3. The van der Waals surface area contributed by atoms with Gasteiger partial charge in [0.15, 0.2) is 5.13 Å². The molecular formula is C14H23N5OS. The first-order valence-electron chi connectivity index (χ1n) is 7.64. The van der Waals surface area contributed by atoms with Gasteiger partial charge in [-0.2, -0.15) is 0 Å². The van der Waals surface area contributed by atoms with Gasteiger partial charge in [0.1, 0.15) is 10.7 Å². The molecule has 0 aromatic carbocycles. The lowest BCUT2D eigenvalue weighted by atomic mass is 10.1. The van der Waals surface area contributed by atoms with Crippen LogP contribution in [0.2, 0.25) is 0 Å². The second-order valence-electron chi connectivity index (χ2n) is 5.98. The lowest BCUT2D eigenvalue weighted by Crippen LogP contribution is -2.36. The Morgan fingerprint density at radius 1 is 1.33 bits per heavy atom. The number of likely N-dealkylation sites (N-methyl/N-ethyl adjacent to an activating group) is 1. The molecule has 0 spiro atoms. The Balaban J connectivity index is 1.67. The minimum absolute atomic E-state index is 0.0754. The van der Waals surface area contributed by atoms with Gasteiger partial charge in [-0.05, 0) is 39.3 Å². The van der Waals surface area contributed by atoms with Crippen molar-refractivity contribution in [2.24, 2.45) is 0 Å². The number of amides is 1. The lowest BCUT2D eigenvalue weighted by Gasteiger charge is -2.25. The summed E-state index contributed by atoms with van der Waals surface area (Å²) in [6.45, 7) is 3.97. The monoisotopic (exact) mass is 309 g/mol. The number of hydrogen-bond acceptors (Lipinski definition) is 6. The van der Waals surface area contributed by atoms with Crippen molar-refractivity contribution in [2.45, 2.75) is 31.7 Å². The molecule has 1 amide bonds. The maximum absolute atomic E-state index is 12.4. The minimum atomic E-state index is -0.0754. The van der Waals surface area contributed by atoms with Crippen molar-refractivity contribution in [3.05, 3.63) is 4.88 Å². The summed E-state index contributed by atoms with van der Waals surface area (Å²) < 4.78 is 0. The molecule has 1 unspecified atom stereocenters. The van der Waals surface area contributed by atoms with Crippen molar-refractivity contribution in [2.75, 3.05) is 43.9 Å². The van der Waals surface area contributed by atoms with Crippen LogP contribution in [0.15, 0.2) is 0 Å². The Kier molecular flexibility index (Phi) is 4.30. The molecule has 3 rings (SSSR count). The third-order valence-corrected chi connectivity index (χ3v) is 5.33. The molecule has 0 radical (unpaired) electrons. The first-order valence-corrected chi connectivity index (χ1v) is 8.46. The predicted molar refractivity (Wildman–Crippen MR) is 86.0 cm³/mol. The lowest BCUT2D eigenvalue weighted by molar-refractivity contribution is 0.0943. The van der Waals surface area contributed by atoms with E-state index in [1.807, 2.05) is 0 Å². The minimum Gasteiger partial charge on any atom is -0.382 e. The fraction of sp³-hybridized carbons (Fsp3) is 0.714. The van der Waals surface area contributed by atoms with Crippen molar-refractivity contribution < 1.29 is 4.79 Å². The Hall–Kier alpha value is -1.34. The number of aromatic nitrogens is 1. The topological polar surface area (TPSA) is 74.5 Å². The zero-order valence-corrected chi connectivity index (χ0v) is 13.3. The van der Waals surface area contributed by atoms with Crippen LogP contribution >= 0.6 is 11.3 Å². The highest BCUT2D eigenvalue weighted by Gasteiger charge is 2.25. The van der Waals surface area contributed by atoms with Gasteiger partial charge in [-0.3, -0.25) is 4.79 Å². The summed E-state index contributed by atoms with van der Waals surface area (Å²) in [5, 5.41) is 3.96. The third kappa shape index (κ3) is 3.29. The van der Waals surface area contributed by atoms with Gasteiger partial charge in [0.25, 0.3) is 5.91 Å². The summed E-state index contributed by atoms with van der Waals surface area (Å²) in [6, 6.07) is 0.224. The summed E-state index contributed by atoms with van der Waals surface area (Å²) >= 11 is 1.42. The number of carbonyl (C=O) groups excluding carboxylic acids is 1. The van der Waals surface area contributed by atoms with Crippen LogP contribution in [-0.2, 0) is 0 Å². The largest absolute Gasteiger partial charge is 0.382 e. The molecule has 3 heterocycles. The predicted octanol–water partition coefficient (Wildman–Crippen LogP) is 1.15. The Morgan fingerprint density at radius 2 is 2.10 bits per heavy atom. The average molecular weight is 309 g/mol. The van der Waals surface area contributed by atoms with Gasteiger partial charge in [-0.1, -0.05) is 11.3 Å². The molecule has 2 aliphatic rings. The standard InChI is InChI=1S/C14H23N5OS/c1-18-8-5-10(9-18)16-13(20)11-12(15)17-14(21-11)19-6-3-2-4-7-19/h10H,2-9,15H2,1H3,(H,16,20). The van der Waals surface area contributed by atoms with Crippen LogP contribution in [0.4, 0.5) is 10.9 Å². The van der Waals surface area contributed by atoms with Crippen LogP contribution in [0.5, 0.6) is 0 Å². The molecule has 0 bridgehead atoms. The van der Waals surface area contributed by atoms with E-state index in [9.17, 15) is 4.79 Å². The van der Waals surface area contributed by atoms with Crippen molar-refractivity contribution in [3.63, 3.8) is 0 Å². The molecule has 21 heavy (non-hydrogen) atoms. The Bertz CT molecular complexity index is 511. The van der Waals surface area contributed by atoms with E-state index >= 15 is 0 Å². The van der Waals surface area contributed by atoms with E-state index in [0.29, 0.717) is 10.7 Å². The van der Waals surface area contributed by atoms with Crippen molar-refractivity contribution in [1.82, 2.24) is 15.2 Å². The van der Waals surface area contributed by atoms with Gasteiger partial charge < -0.3 is 20.9 Å². The fourth-order valence-corrected chi connectivity index (χ4v) is 3.95. The smallest absolute Gasteiger partial charge is 0.265 e. The van der Waals surface area contributed by atoms with E-state index in [1.165, 1.54) is 30.6 Å². The quantitative estimate of drug-likeness (QED) is 0.876. The number of nitrogens with zero attached hydrogens (tertiary/aromatic N) is 3. The average Bonchev–Trinajstić information content (AvgIpc) is 3.06. The number of nitrogen functional groups attached to an aromatic ring is 1. The highest BCUT2D eigenvalue weighted by molar-refractivity contribution is 7.18. The number of thiazole rings is 1. The molecule has 2 aliphatic heterocycles. The van der Waals surface area contributed by atoms with Gasteiger partial charge >= 0.3 is 0 Å². The van der Waals surface area contributed by atoms with Crippen LogP contribution in [0, 0.1) is 0 Å². The summed E-state index contributed by atoms with van der Waals surface area (Å²) in [5.74, 6) is 0.290. The normalized spacial score (nSPS) is 23.5. The molecule has 3 N–H and O–H groups in total. The SMILES string of the molecule is CN1CCC(NC(=O)c2sc(N3CCCCC3)nc2N)C1. The third-order valence-electron chi connectivity index (χ3n) is 4.20. The maximum atomic E-state index is 12.4. The molecule has 1 aromatic heterocycles. The van der Waals surface area contributed by atoms with Gasteiger partial charge in [-0.15, -0.1) is 0 Å². The maximum Gasteiger partial charge on any atom is 0.265 e.